The summed E-state index contributed by atoms with van der Waals surface area (Å²) in [5.74, 6) is 0. The summed E-state index contributed by atoms with van der Waals surface area (Å²) in [4.78, 5) is 0. The average Bonchev–Trinajstić information content (AvgIpc) is 3.05. The van der Waals surface area contributed by atoms with Crippen LogP contribution in [0.4, 0.5) is 5.69 Å². The van der Waals surface area contributed by atoms with Crippen LogP contribution in [0.15, 0.2) is 48.7 Å². The Morgan fingerprint density at radius 2 is 1.85 bits per heavy atom. The lowest BCUT2D eigenvalue weighted by Crippen LogP contribution is -1.99. The Balaban J connectivity index is 1.72. The average molecular weight is 262 g/mol. The molecular weight excluding hydrogens is 244 g/mol. The Hall–Kier alpha value is -2.22. The maximum atomic E-state index is 5.91. The number of fused-ring (bicyclic) bond motifs is 2. The predicted molar refractivity (Wildman–Crippen MR) is 83.9 cm³/mol. The van der Waals surface area contributed by atoms with Crippen LogP contribution in [0.25, 0.3) is 10.9 Å². The van der Waals surface area contributed by atoms with E-state index in [0.717, 1.165) is 12.2 Å². The summed E-state index contributed by atoms with van der Waals surface area (Å²) in [6.07, 6.45) is 5.94. The van der Waals surface area contributed by atoms with Crippen molar-refractivity contribution in [3.05, 3.63) is 65.4 Å². The fourth-order valence-electron chi connectivity index (χ4n) is 3.26. The lowest BCUT2D eigenvalue weighted by molar-refractivity contribution is 0.835. The fraction of sp³-hybridized carbons (Fsp3) is 0.222. The minimum atomic E-state index is 0.825. The van der Waals surface area contributed by atoms with Gasteiger partial charge in [-0.3, -0.25) is 0 Å². The first-order valence-electron chi connectivity index (χ1n) is 7.25. The highest BCUT2D eigenvalue weighted by Crippen LogP contribution is 2.24. The van der Waals surface area contributed by atoms with Crippen LogP contribution < -0.4 is 5.73 Å². The van der Waals surface area contributed by atoms with Crippen LogP contribution in [-0.2, 0) is 19.4 Å². The summed E-state index contributed by atoms with van der Waals surface area (Å²) in [5.41, 5.74) is 12.4. The van der Waals surface area contributed by atoms with Gasteiger partial charge in [0, 0.05) is 18.4 Å². The monoisotopic (exact) mass is 262 g/mol. The smallest absolute Gasteiger partial charge is 0.0504 e. The Kier molecular flexibility index (Phi) is 2.56. The summed E-state index contributed by atoms with van der Waals surface area (Å²) < 4.78 is 2.28. The van der Waals surface area contributed by atoms with Crippen molar-refractivity contribution in [2.24, 2.45) is 0 Å². The molecule has 0 saturated carbocycles. The standard InChI is InChI=1S/C18H18N2/c19-17-7-6-15-8-9-20(18(15)11-17)12-13-4-5-14-2-1-3-16(14)10-13/h4-11H,1-3,12,19H2. The van der Waals surface area contributed by atoms with Gasteiger partial charge in [-0.15, -0.1) is 0 Å². The molecule has 1 aliphatic carbocycles. The number of hydrogen-bond acceptors (Lipinski definition) is 1. The number of nitrogen functional groups attached to an aromatic ring is 1. The summed E-state index contributed by atoms with van der Waals surface area (Å²) >= 11 is 0. The van der Waals surface area contributed by atoms with E-state index in [-0.39, 0.29) is 0 Å². The van der Waals surface area contributed by atoms with Crippen molar-refractivity contribution in [3.8, 4) is 0 Å². The Labute approximate surface area is 118 Å². The fourth-order valence-corrected chi connectivity index (χ4v) is 3.26. The third-order valence-corrected chi connectivity index (χ3v) is 4.31. The summed E-state index contributed by atoms with van der Waals surface area (Å²) in [5, 5.41) is 1.25. The molecule has 0 aliphatic heterocycles. The second kappa shape index (κ2) is 4.41. The third-order valence-electron chi connectivity index (χ3n) is 4.31. The van der Waals surface area contributed by atoms with E-state index in [1.807, 2.05) is 6.07 Å². The van der Waals surface area contributed by atoms with Crippen LogP contribution in [0.1, 0.15) is 23.1 Å². The van der Waals surface area contributed by atoms with Crippen LogP contribution in [0.5, 0.6) is 0 Å². The van der Waals surface area contributed by atoms with Crippen LogP contribution in [0.2, 0.25) is 0 Å². The maximum Gasteiger partial charge on any atom is 0.0504 e. The quantitative estimate of drug-likeness (QED) is 0.700. The molecule has 0 radical (unpaired) electrons. The van der Waals surface area contributed by atoms with Gasteiger partial charge in [-0.05, 0) is 59.5 Å². The molecule has 20 heavy (non-hydrogen) atoms. The lowest BCUT2D eigenvalue weighted by atomic mass is 10.1. The molecule has 0 amide bonds. The van der Waals surface area contributed by atoms with Gasteiger partial charge in [0.15, 0.2) is 0 Å². The first-order chi connectivity index (χ1) is 9.79. The number of nitrogens with zero attached hydrogens (tertiary/aromatic N) is 1. The molecule has 2 heteroatoms. The van der Waals surface area contributed by atoms with Gasteiger partial charge in [0.25, 0.3) is 0 Å². The number of nitrogens with two attached hydrogens (primary N) is 1. The van der Waals surface area contributed by atoms with Crippen molar-refractivity contribution in [1.29, 1.82) is 0 Å². The van der Waals surface area contributed by atoms with Crippen LogP contribution >= 0.6 is 0 Å². The predicted octanol–water partition coefficient (Wildman–Crippen LogP) is 3.76. The van der Waals surface area contributed by atoms with E-state index in [9.17, 15) is 0 Å². The van der Waals surface area contributed by atoms with Crippen LogP contribution in [0.3, 0.4) is 0 Å². The molecule has 0 unspecified atom stereocenters. The molecule has 2 nitrogen and oxygen atoms in total. The normalized spacial score (nSPS) is 13.8. The number of aromatic nitrogens is 1. The van der Waals surface area contributed by atoms with Crippen molar-refractivity contribution in [3.63, 3.8) is 0 Å². The van der Waals surface area contributed by atoms with Gasteiger partial charge in [-0.1, -0.05) is 24.3 Å². The molecule has 3 aromatic rings. The molecular formula is C18H18N2. The minimum Gasteiger partial charge on any atom is -0.399 e. The zero-order valence-corrected chi connectivity index (χ0v) is 11.5. The maximum absolute atomic E-state index is 5.91. The summed E-state index contributed by atoms with van der Waals surface area (Å²) in [6.45, 7) is 0.917. The Morgan fingerprint density at radius 3 is 2.80 bits per heavy atom. The van der Waals surface area contributed by atoms with Gasteiger partial charge >= 0.3 is 0 Å². The third kappa shape index (κ3) is 1.88. The number of anilines is 1. The Bertz CT molecular complexity index is 783. The van der Waals surface area contributed by atoms with Gasteiger partial charge in [-0.2, -0.15) is 0 Å². The first kappa shape index (κ1) is 11.6. The molecule has 0 atom stereocenters. The number of rotatable bonds is 2. The molecule has 1 heterocycles. The highest BCUT2D eigenvalue weighted by Gasteiger charge is 2.11. The van der Waals surface area contributed by atoms with Crippen LogP contribution in [0, 0.1) is 0 Å². The van der Waals surface area contributed by atoms with Crippen molar-refractivity contribution in [2.45, 2.75) is 25.8 Å². The van der Waals surface area contributed by atoms with Gasteiger partial charge < -0.3 is 10.3 Å². The van der Waals surface area contributed by atoms with E-state index >= 15 is 0 Å². The van der Waals surface area contributed by atoms with E-state index in [0.29, 0.717) is 0 Å². The minimum absolute atomic E-state index is 0.825. The molecule has 4 rings (SSSR count). The van der Waals surface area contributed by atoms with Crippen molar-refractivity contribution >= 4 is 16.6 Å². The molecule has 2 aromatic carbocycles. The van der Waals surface area contributed by atoms with Gasteiger partial charge in [-0.25, -0.2) is 0 Å². The van der Waals surface area contributed by atoms with Gasteiger partial charge in [0.05, 0.1) is 5.52 Å². The highest BCUT2D eigenvalue weighted by molar-refractivity contribution is 5.83. The summed E-state index contributed by atoms with van der Waals surface area (Å²) in [6, 6.07) is 15.2. The van der Waals surface area contributed by atoms with E-state index in [4.69, 9.17) is 5.73 Å². The molecule has 0 bridgehead atoms. The zero-order chi connectivity index (χ0) is 13.5. The van der Waals surface area contributed by atoms with E-state index < -0.39 is 0 Å². The zero-order valence-electron chi connectivity index (χ0n) is 11.5. The second-order valence-electron chi connectivity index (χ2n) is 5.72. The number of aryl methyl sites for hydroxylation is 2. The topological polar surface area (TPSA) is 30.9 Å². The molecule has 0 spiro atoms. The highest BCUT2D eigenvalue weighted by atomic mass is 14.9. The Morgan fingerprint density at radius 1 is 0.950 bits per heavy atom. The van der Waals surface area contributed by atoms with Gasteiger partial charge in [0.1, 0.15) is 0 Å². The largest absolute Gasteiger partial charge is 0.399 e. The molecule has 1 aromatic heterocycles. The second-order valence-corrected chi connectivity index (χ2v) is 5.72. The van der Waals surface area contributed by atoms with Crippen LogP contribution in [-0.4, -0.2) is 4.57 Å². The molecule has 0 fully saturated rings. The summed E-state index contributed by atoms with van der Waals surface area (Å²) in [7, 11) is 0. The first-order valence-corrected chi connectivity index (χ1v) is 7.25. The van der Waals surface area contributed by atoms with Crippen molar-refractivity contribution in [2.75, 3.05) is 5.73 Å². The number of benzene rings is 2. The molecule has 0 saturated heterocycles. The van der Waals surface area contributed by atoms with Gasteiger partial charge in [0.2, 0.25) is 0 Å². The van der Waals surface area contributed by atoms with Crippen molar-refractivity contribution in [1.82, 2.24) is 4.57 Å². The molecule has 1 aliphatic rings. The van der Waals surface area contributed by atoms with E-state index in [1.54, 1.807) is 5.56 Å². The molecule has 100 valence electrons. The van der Waals surface area contributed by atoms with E-state index in [1.165, 1.54) is 41.3 Å². The molecule has 2 N–H and O–H groups in total. The number of hydrogen-bond donors (Lipinski definition) is 1. The van der Waals surface area contributed by atoms with Crippen molar-refractivity contribution < 1.29 is 0 Å². The SMILES string of the molecule is Nc1ccc2ccn(Cc3ccc4c(c3)CCC4)c2c1. The lowest BCUT2D eigenvalue weighted by Gasteiger charge is -2.08. The van der Waals surface area contributed by atoms with E-state index in [2.05, 4.69) is 47.2 Å².